The monoisotopic (exact) mass is 587 g/mol. The molecule has 2 aromatic heterocycles. The number of carbonyl (C=O) groups excluding carboxylic acids is 1. The molecule has 6 rings (SSSR count). The summed E-state index contributed by atoms with van der Waals surface area (Å²) in [5.74, 6) is 0.555. The van der Waals surface area contributed by atoms with E-state index in [-0.39, 0.29) is 29.5 Å². The minimum absolute atomic E-state index is 0.0655. The van der Waals surface area contributed by atoms with E-state index in [2.05, 4.69) is 39.9 Å². The van der Waals surface area contributed by atoms with E-state index in [0.29, 0.717) is 11.9 Å². The van der Waals surface area contributed by atoms with Gasteiger partial charge in [0.25, 0.3) is 0 Å². The number of hydrogen-bond donors (Lipinski definition) is 3. The van der Waals surface area contributed by atoms with Crippen LogP contribution in [-0.4, -0.2) is 33.4 Å². The maximum Gasteiger partial charge on any atom is 0.228 e. The molecule has 3 aromatic carbocycles. The van der Waals surface area contributed by atoms with Crippen LogP contribution in [0.4, 0.5) is 15.9 Å². The molecule has 2 heterocycles. The third-order valence-electron chi connectivity index (χ3n) is 8.31. The molecule has 0 spiro atoms. The summed E-state index contributed by atoms with van der Waals surface area (Å²) >= 11 is 0. The topological polar surface area (TPSA) is 121 Å². The molecule has 4 N–H and O–H groups in total. The lowest BCUT2D eigenvalue weighted by molar-refractivity contribution is -0.115. The summed E-state index contributed by atoms with van der Waals surface area (Å²) < 4.78 is 16.1. The van der Waals surface area contributed by atoms with Crippen LogP contribution >= 0.6 is 0 Å². The van der Waals surface area contributed by atoms with Crippen LogP contribution in [0.25, 0.3) is 33.1 Å². The van der Waals surface area contributed by atoms with Crippen LogP contribution in [0, 0.1) is 17.1 Å². The van der Waals surface area contributed by atoms with Gasteiger partial charge in [0, 0.05) is 23.2 Å². The second-order valence-electron chi connectivity index (χ2n) is 11.6. The molecule has 1 aliphatic carbocycles. The molecular weight excluding hydrogens is 553 g/mol. The minimum Gasteiger partial charge on any atom is -0.382 e. The van der Waals surface area contributed by atoms with Crippen molar-refractivity contribution in [1.82, 2.24) is 19.7 Å². The van der Waals surface area contributed by atoms with Crippen molar-refractivity contribution in [3.8, 4) is 17.3 Å². The summed E-state index contributed by atoms with van der Waals surface area (Å²) in [6.07, 6.45) is 7.16. The van der Waals surface area contributed by atoms with E-state index in [4.69, 9.17) is 16.0 Å². The van der Waals surface area contributed by atoms with Gasteiger partial charge < -0.3 is 16.4 Å². The van der Waals surface area contributed by atoms with Gasteiger partial charge in [-0.25, -0.2) is 14.4 Å². The third kappa shape index (κ3) is 5.40. The zero-order valence-corrected chi connectivity index (χ0v) is 25.0. The number of anilines is 2. The van der Waals surface area contributed by atoms with E-state index < -0.39 is 5.82 Å². The highest BCUT2D eigenvalue weighted by atomic mass is 19.1. The average Bonchev–Trinajstić information content (AvgIpc) is 3.43. The number of nitrogens with two attached hydrogens (primary N) is 1. The van der Waals surface area contributed by atoms with E-state index in [1.54, 1.807) is 0 Å². The van der Waals surface area contributed by atoms with Crippen LogP contribution in [0.15, 0.2) is 66.9 Å². The summed E-state index contributed by atoms with van der Waals surface area (Å²) in [4.78, 5) is 22.9. The number of nitrogen functional groups attached to an aromatic ring is 1. The third-order valence-corrected chi connectivity index (χ3v) is 8.31. The van der Waals surface area contributed by atoms with Crippen molar-refractivity contribution in [3.63, 3.8) is 0 Å². The first-order valence-electron chi connectivity index (χ1n) is 14.8. The van der Waals surface area contributed by atoms with Gasteiger partial charge in [-0.3, -0.25) is 9.20 Å². The number of aromatic nitrogens is 3. The Morgan fingerprint density at radius 1 is 1.18 bits per heavy atom. The number of nitriles is 1. The normalized spacial score (nSPS) is 15.0. The van der Waals surface area contributed by atoms with Gasteiger partial charge in [0.1, 0.15) is 28.7 Å². The van der Waals surface area contributed by atoms with E-state index in [9.17, 15) is 9.18 Å². The largest absolute Gasteiger partial charge is 0.382 e. The number of benzene rings is 3. The molecule has 8 nitrogen and oxygen atoms in total. The molecule has 0 saturated carbocycles. The fourth-order valence-corrected chi connectivity index (χ4v) is 6.12. The number of imidazole rings is 1. The van der Waals surface area contributed by atoms with E-state index >= 15 is 0 Å². The van der Waals surface area contributed by atoms with Gasteiger partial charge in [0.2, 0.25) is 5.91 Å². The quantitative estimate of drug-likeness (QED) is 0.197. The average molecular weight is 588 g/mol. The lowest BCUT2D eigenvalue weighted by Crippen LogP contribution is -2.26. The standard InChI is InChI=1S/C35H34FN7O/c1-20(2)35-42-32(33-34(38)40-19-30(43(33)35)22-8-11-25(39-3)12-9-22)29-13-10-23(27-6-4-5-7-28(27)29)16-31(44)41-26-15-21(18-37)14-24(36)17-26/h4-8,10,13-15,17,19-20,25,39H,9,11-12,16H2,1-3H3,(H2,38,40)(H,41,44). The lowest BCUT2D eigenvalue weighted by atomic mass is 9.93. The summed E-state index contributed by atoms with van der Waals surface area (Å²) in [5.41, 5.74) is 12.5. The zero-order valence-electron chi connectivity index (χ0n) is 25.0. The first-order chi connectivity index (χ1) is 21.3. The molecule has 222 valence electrons. The van der Waals surface area contributed by atoms with Crippen LogP contribution in [0.3, 0.4) is 0 Å². The molecule has 0 bridgehead atoms. The predicted molar refractivity (Wildman–Crippen MR) is 173 cm³/mol. The molecule has 1 aliphatic rings. The highest BCUT2D eigenvalue weighted by Crippen LogP contribution is 2.39. The summed E-state index contributed by atoms with van der Waals surface area (Å²) in [7, 11) is 2.00. The SMILES string of the molecule is CNC1CC=C(c2cnc(N)c3c(-c4ccc(CC(=O)Nc5cc(F)cc(C#N)c5)c5ccccc45)nc(C(C)C)n23)CC1. The second kappa shape index (κ2) is 11.9. The Morgan fingerprint density at radius 3 is 2.68 bits per heavy atom. The van der Waals surface area contributed by atoms with Crippen LogP contribution in [0.2, 0.25) is 0 Å². The molecular formula is C35H34FN7O. The predicted octanol–water partition coefficient (Wildman–Crippen LogP) is 6.60. The molecule has 1 unspecified atom stereocenters. The van der Waals surface area contributed by atoms with Gasteiger partial charge in [0.15, 0.2) is 0 Å². The molecule has 0 saturated heterocycles. The Hall–Kier alpha value is -5.07. The number of amides is 1. The Bertz CT molecular complexity index is 1990. The number of hydrogen-bond acceptors (Lipinski definition) is 6. The van der Waals surface area contributed by atoms with Gasteiger partial charge in [-0.15, -0.1) is 0 Å². The number of halogens is 1. The van der Waals surface area contributed by atoms with Crippen LogP contribution in [0.5, 0.6) is 0 Å². The van der Waals surface area contributed by atoms with Crippen molar-refractivity contribution < 1.29 is 9.18 Å². The summed E-state index contributed by atoms with van der Waals surface area (Å²) in [6, 6.07) is 18.0. The summed E-state index contributed by atoms with van der Waals surface area (Å²) in [6.45, 7) is 4.26. The highest BCUT2D eigenvalue weighted by Gasteiger charge is 2.25. The Kier molecular flexibility index (Phi) is 7.85. The van der Waals surface area contributed by atoms with Crippen molar-refractivity contribution >= 4 is 39.3 Å². The number of nitrogens with zero attached hydrogens (tertiary/aromatic N) is 4. The van der Waals surface area contributed by atoms with Crippen molar-refractivity contribution in [1.29, 1.82) is 5.26 Å². The molecule has 0 radical (unpaired) electrons. The van der Waals surface area contributed by atoms with Gasteiger partial charge in [0.05, 0.1) is 29.9 Å². The van der Waals surface area contributed by atoms with Crippen LogP contribution in [-0.2, 0) is 11.2 Å². The first kappa shape index (κ1) is 29.0. The fourth-order valence-electron chi connectivity index (χ4n) is 6.12. The van der Waals surface area contributed by atoms with Gasteiger partial charge in [-0.2, -0.15) is 5.26 Å². The molecule has 0 fully saturated rings. The molecule has 0 aliphatic heterocycles. The van der Waals surface area contributed by atoms with Crippen LogP contribution in [0.1, 0.15) is 61.7 Å². The molecule has 5 aromatic rings. The smallest absolute Gasteiger partial charge is 0.228 e. The Balaban J connectivity index is 1.43. The number of nitrogens with one attached hydrogen (secondary N) is 2. The molecule has 1 atom stereocenters. The van der Waals surface area contributed by atoms with Crippen molar-refractivity contribution in [3.05, 3.63) is 95.3 Å². The second-order valence-corrected chi connectivity index (χ2v) is 11.6. The van der Waals surface area contributed by atoms with E-state index in [0.717, 1.165) is 70.0 Å². The van der Waals surface area contributed by atoms with Crippen molar-refractivity contribution in [2.24, 2.45) is 0 Å². The van der Waals surface area contributed by atoms with Gasteiger partial charge in [-0.05, 0) is 66.4 Å². The zero-order chi connectivity index (χ0) is 31.0. The number of allylic oxidation sites excluding steroid dienone is 1. The molecule has 1 amide bonds. The van der Waals surface area contributed by atoms with Gasteiger partial charge in [-0.1, -0.05) is 56.3 Å². The molecule has 9 heteroatoms. The Morgan fingerprint density at radius 2 is 1.98 bits per heavy atom. The number of carbonyl (C=O) groups is 1. The van der Waals surface area contributed by atoms with Crippen LogP contribution < -0.4 is 16.4 Å². The maximum atomic E-state index is 13.9. The summed E-state index contributed by atoms with van der Waals surface area (Å²) in [5, 5.41) is 17.1. The number of rotatable bonds is 7. The van der Waals surface area contributed by atoms with E-state index in [1.165, 1.54) is 17.7 Å². The highest BCUT2D eigenvalue weighted by molar-refractivity contribution is 6.04. The van der Waals surface area contributed by atoms with Crippen molar-refractivity contribution in [2.75, 3.05) is 18.1 Å². The number of fused-ring (bicyclic) bond motifs is 2. The first-order valence-corrected chi connectivity index (χ1v) is 14.8. The fraction of sp³-hybridized carbons (Fsp3) is 0.257. The maximum absolute atomic E-state index is 13.9. The minimum atomic E-state index is -0.582. The van der Waals surface area contributed by atoms with Crippen molar-refractivity contribution in [2.45, 2.75) is 51.5 Å². The van der Waals surface area contributed by atoms with Gasteiger partial charge >= 0.3 is 0 Å². The lowest BCUT2D eigenvalue weighted by Gasteiger charge is -2.22. The van der Waals surface area contributed by atoms with E-state index in [1.807, 2.05) is 55.7 Å². The Labute approximate surface area is 255 Å². The molecule has 44 heavy (non-hydrogen) atoms.